The van der Waals surface area contributed by atoms with Crippen LogP contribution in [0.3, 0.4) is 0 Å². The van der Waals surface area contributed by atoms with Crippen molar-refractivity contribution in [3.63, 3.8) is 0 Å². The third-order valence-electron chi connectivity index (χ3n) is 4.19. The molecular formula is C16H25N3O. The van der Waals surface area contributed by atoms with Crippen LogP contribution in [0.1, 0.15) is 36.5 Å². The van der Waals surface area contributed by atoms with E-state index in [1.54, 1.807) is 25.1 Å². The molecule has 1 aromatic carbocycles. The van der Waals surface area contributed by atoms with Gasteiger partial charge in [0, 0.05) is 32.9 Å². The number of carbonyl (C=O) groups is 1. The average molecular weight is 275 g/mol. The monoisotopic (exact) mass is 275 g/mol. The number of hydrogen-bond donors (Lipinski definition) is 1. The van der Waals surface area contributed by atoms with Gasteiger partial charge in [0.1, 0.15) is 0 Å². The Bertz CT molecular complexity index is 477. The van der Waals surface area contributed by atoms with Gasteiger partial charge in [0.15, 0.2) is 0 Å². The van der Waals surface area contributed by atoms with Crippen LogP contribution in [0.15, 0.2) is 18.2 Å². The number of nitrogens with two attached hydrogens (primary N) is 1. The summed E-state index contributed by atoms with van der Waals surface area (Å²) in [6.45, 7) is 4.27. The van der Waals surface area contributed by atoms with Crippen LogP contribution in [0.2, 0.25) is 0 Å². The fraction of sp³-hybridized carbons (Fsp3) is 0.562. The number of anilines is 2. The van der Waals surface area contributed by atoms with Gasteiger partial charge in [-0.3, -0.25) is 4.79 Å². The number of piperidine rings is 1. The highest BCUT2D eigenvalue weighted by Crippen LogP contribution is 2.29. The van der Waals surface area contributed by atoms with Gasteiger partial charge in [0.2, 0.25) is 0 Å². The molecule has 1 fully saturated rings. The minimum absolute atomic E-state index is 0.0395. The maximum atomic E-state index is 12.3. The molecule has 2 N–H and O–H groups in total. The second kappa shape index (κ2) is 6.16. The second-order valence-electron chi connectivity index (χ2n) is 5.81. The Morgan fingerprint density at radius 1 is 1.35 bits per heavy atom. The first-order valence-corrected chi connectivity index (χ1v) is 7.39. The third kappa shape index (κ3) is 3.06. The van der Waals surface area contributed by atoms with Crippen molar-refractivity contribution in [3.8, 4) is 0 Å². The van der Waals surface area contributed by atoms with Gasteiger partial charge in [-0.05, 0) is 37.0 Å². The molecule has 0 bridgehead atoms. The van der Waals surface area contributed by atoms with E-state index in [4.69, 9.17) is 5.73 Å². The molecule has 1 amide bonds. The molecule has 1 saturated heterocycles. The Morgan fingerprint density at radius 3 is 2.55 bits per heavy atom. The maximum Gasteiger partial charge on any atom is 0.255 e. The van der Waals surface area contributed by atoms with Crippen molar-refractivity contribution in [1.29, 1.82) is 0 Å². The molecule has 4 heteroatoms. The summed E-state index contributed by atoms with van der Waals surface area (Å²) >= 11 is 0. The van der Waals surface area contributed by atoms with Gasteiger partial charge in [0.25, 0.3) is 5.91 Å². The minimum Gasteiger partial charge on any atom is -0.399 e. The van der Waals surface area contributed by atoms with E-state index in [1.165, 1.54) is 19.3 Å². The second-order valence-corrected chi connectivity index (χ2v) is 5.81. The standard InChI is InChI=1S/C16H25N3O/c1-4-12-7-9-19(10-8-12)15-11-13(17)5-6-14(15)16(20)18(2)3/h5-6,11-12H,4,7-10,17H2,1-3H3. The van der Waals surface area contributed by atoms with E-state index in [9.17, 15) is 4.79 Å². The zero-order valence-electron chi connectivity index (χ0n) is 12.7. The highest BCUT2D eigenvalue weighted by molar-refractivity contribution is 6.00. The topological polar surface area (TPSA) is 49.6 Å². The summed E-state index contributed by atoms with van der Waals surface area (Å²) in [5.41, 5.74) is 8.36. The van der Waals surface area contributed by atoms with E-state index in [0.29, 0.717) is 5.69 Å². The highest BCUT2D eigenvalue weighted by atomic mass is 16.2. The van der Waals surface area contributed by atoms with Crippen LogP contribution in [-0.4, -0.2) is 38.0 Å². The van der Waals surface area contributed by atoms with Gasteiger partial charge in [-0.2, -0.15) is 0 Å². The molecule has 0 radical (unpaired) electrons. The smallest absolute Gasteiger partial charge is 0.255 e. The molecule has 1 aliphatic rings. The van der Waals surface area contributed by atoms with E-state index >= 15 is 0 Å². The third-order valence-corrected chi connectivity index (χ3v) is 4.19. The van der Waals surface area contributed by atoms with Gasteiger partial charge in [-0.15, -0.1) is 0 Å². The Labute approximate surface area is 121 Å². The van der Waals surface area contributed by atoms with Crippen LogP contribution in [0.4, 0.5) is 11.4 Å². The van der Waals surface area contributed by atoms with Crippen LogP contribution in [0, 0.1) is 5.92 Å². The summed E-state index contributed by atoms with van der Waals surface area (Å²) in [6.07, 6.45) is 3.63. The van der Waals surface area contributed by atoms with Crippen molar-refractivity contribution in [2.45, 2.75) is 26.2 Å². The van der Waals surface area contributed by atoms with Gasteiger partial charge in [0.05, 0.1) is 11.3 Å². The van der Waals surface area contributed by atoms with Crippen molar-refractivity contribution in [2.24, 2.45) is 5.92 Å². The number of nitrogens with zero attached hydrogens (tertiary/aromatic N) is 2. The molecule has 20 heavy (non-hydrogen) atoms. The van der Waals surface area contributed by atoms with E-state index in [0.717, 1.165) is 30.3 Å². The largest absolute Gasteiger partial charge is 0.399 e. The normalized spacial score (nSPS) is 16.2. The van der Waals surface area contributed by atoms with E-state index < -0.39 is 0 Å². The Balaban J connectivity index is 2.26. The molecule has 110 valence electrons. The molecule has 0 atom stereocenters. The number of nitrogen functional groups attached to an aromatic ring is 1. The zero-order chi connectivity index (χ0) is 14.7. The van der Waals surface area contributed by atoms with Crippen LogP contribution in [-0.2, 0) is 0 Å². The number of benzene rings is 1. The zero-order valence-corrected chi connectivity index (χ0v) is 12.7. The van der Waals surface area contributed by atoms with E-state index in [-0.39, 0.29) is 5.91 Å². The molecule has 0 aromatic heterocycles. The predicted octanol–water partition coefficient (Wildman–Crippen LogP) is 2.60. The summed E-state index contributed by atoms with van der Waals surface area (Å²) in [5, 5.41) is 0. The summed E-state index contributed by atoms with van der Waals surface area (Å²) < 4.78 is 0. The van der Waals surface area contributed by atoms with Crippen molar-refractivity contribution >= 4 is 17.3 Å². The first-order chi connectivity index (χ1) is 9.52. The first kappa shape index (κ1) is 14.7. The van der Waals surface area contributed by atoms with Crippen molar-refractivity contribution in [1.82, 2.24) is 4.90 Å². The maximum absolute atomic E-state index is 12.3. The van der Waals surface area contributed by atoms with Crippen LogP contribution in [0.25, 0.3) is 0 Å². The number of carbonyl (C=O) groups excluding carboxylic acids is 1. The molecule has 2 rings (SSSR count). The summed E-state index contributed by atoms with van der Waals surface area (Å²) in [4.78, 5) is 16.2. The van der Waals surface area contributed by atoms with E-state index in [2.05, 4.69) is 11.8 Å². The lowest BCUT2D eigenvalue weighted by atomic mass is 9.93. The van der Waals surface area contributed by atoms with Gasteiger partial charge in [-0.1, -0.05) is 13.3 Å². The average Bonchev–Trinajstić information content (AvgIpc) is 2.46. The van der Waals surface area contributed by atoms with Gasteiger partial charge in [-0.25, -0.2) is 0 Å². The minimum atomic E-state index is 0.0395. The summed E-state index contributed by atoms with van der Waals surface area (Å²) in [7, 11) is 3.57. The SMILES string of the molecule is CCC1CCN(c2cc(N)ccc2C(=O)N(C)C)CC1. The van der Waals surface area contributed by atoms with Gasteiger partial charge < -0.3 is 15.5 Å². The predicted molar refractivity (Wildman–Crippen MR) is 84.1 cm³/mol. The fourth-order valence-corrected chi connectivity index (χ4v) is 2.81. The Morgan fingerprint density at radius 2 is 2.00 bits per heavy atom. The number of amides is 1. The molecule has 0 aliphatic carbocycles. The molecular weight excluding hydrogens is 250 g/mol. The number of hydrogen-bond acceptors (Lipinski definition) is 3. The van der Waals surface area contributed by atoms with Crippen LogP contribution >= 0.6 is 0 Å². The summed E-state index contributed by atoms with van der Waals surface area (Å²) in [6, 6.07) is 5.58. The van der Waals surface area contributed by atoms with E-state index in [1.807, 2.05) is 12.1 Å². The lowest BCUT2D eigenvalue weighted by Gasteiger charge is -2.34. The molecule has 1 heterocycles. The molecule has 4 nitrogen and oxygen atoms in total. The van der Waals surface area contributed by atoms with Crippen molar-refractivity contribution in [2.75, 3.05) is 37.8 Å². The van der Waals surface area contributed by atoms with Crippen molar-refractivity contribution in [3.05, 3.63) is 23.8 Å². The number of rotatable bonds is 3. The highest BCUT2D eigenvalue weighted by Gasteiger charge is 2.22. The van der Waals surface area contributed by atoms with Gasteiger partial charge >= 0.3 is 0 Å². The first-order valence-electron chi connectivity index (χ1n) is 7.39. The quantitative estimate of drug-likeness (QED) is 0.863. The molecule has 1 aliphatic heterocycles. The molecule has 0 unspecified atom stereocenters. The van der Waals surface area contributed by atoms with Crippen molar-refractivity contribution < 1.29 is 4.79 Å². The lowest BCUT2D eigenvalue weighted by molar-refractivity contribution is 0.0828. The Hall–Kier alpha value is -1.71. The summed E-state index contributed by atoms with van der Waals surface area (Å²) in [5.74, 6) is 0.859. The molecule has 0 spiro atoms. The fourth-order valence-electron chi connectivity index (χ4n) is 2.81. The molecule has 0 saturated carbocycles. The Kier molecular flexibility index (Phi) is 4.53. The lowest BCUT2D eigenvalue weighted by Crippen LogP contribution is -2.35. The van der Waals surface area contributed by atoms with Crippen LogP contribution in [0.5, 0.6) is 0 Å². The molecule has 1 aromatic rings. The van der Waals surface area contributed by atoms with Crippen LogP contribution < -0.4 is 10.6 Å².